The molecule has 0 spiro atoms. The lowest BCUT2D eigenvalue weighted by Gasteiger charge is -2.21. The minimum Gasteiger partial charge on any atom is -0.493 e. The van der Waals surface area contributed by atoms with Crippen LogP contribution in [0.25, 0.3) is 0 Å². The minimum absolute atomic E-state index is 0.711. The molecule has 0 aromatic heterocycles. The SMILES string of the molecule is NCCc1ccc(OCC2CCCCC2)cc1. The van der Waals surface area contributed by atoms with Crippen LogP contribution in [0.5, 0.6) is 5.75 Å². The maximum Gasteiger partial charge on any atom is 0.119 e. The van der Waals surface area contributed by atoms with Crippen LogP contribution in [-0.2, 0) is 6.42 Å². The molecule has 0 atom stereocenters. The van der Waals surface area contributed by atoms with E-state index < -0.39 is 0 Å². The molecule has 2 N–H and O–H groups in total. The molecule has 0 unspecified atom stereocenters. The highest BCUT2D eigenvalue weighted by molar-refractivity contribution is 5.27. The van der Waals surface area contributed by atoms with E-state index in [9.17, 15) is 0 Å². The molecule has 0 heterocycles. The molecule has 1 aliphatic carbocycles. The van der Waals surface area contributed by atoms with E-state index in [4.69, 9.17) is 10.5 Å². The van der Waals surface area contributed by atoms with Gasteiger partial charge in [0.15, 0.2) is 0 Å². The van der Waals surface area contributed by atoms with Crippen LogP contribution in [-0.4, -0.2) is 13.2 Å². The van der Waals surface area contributed by atoms with Gasteiger partial charge in [0.05, 0.1) is 6.61 Å². The van der Waals surface area contributed by atoms with Crippen LogP contribution < -0.4 is 10.5 Å². The lowest BCUT2D eigenvalue weighted by Crippen LogP contribution is -2.15. The van der Waals surface area contributed by atoms with Crippen molar-refractivity contribution in [2.45, 2.75) is 38.5 Å². The quantitative estimate of drug-likeness (QED) is 0.848. The summed E-state index contributed by atoms with van der Waals surface area (Å²) in [7, 11) is 0. The van der Waals surface area contributed by atoms with Crippen molar-refractivity contribution in [3.63, 3.8) is 0 Å². The lowest BCUT2D eigenvalue weighted by atomic mass is 9.90. The first-order valence-electron chi connectivity index (χ1n) is 6.80. The maximum atomic E-state index is 5.85. The van der Waals surface area contributed by atoms with E-state index in [1.807, 2.05) is 0 Å². The van der Waals surface area contributed by atoms with E-state index in [0.717, 1.165) is 24.7 Å². The Morgan fingerprint density at radius 3 is 2.41 bits per heavy atom. The summed E-state index contributed by atoms with van der Waals surface area (Å²) in [5.41, 5.74) is 6.81. The predicted octanol–water partition coefficient (Wildman–Crippen LogP) is 3.15. The van der Waals surface area contributed by atoms with Gasteiger partial charge >= 0.3 is 0 Å². The molecule has 0 bridgehead atoms. The summed E-state index contributed by atoms with van der Waals surface area (Å²) in [5, 5.41) is 0. The molecule has 0 aliphatic heterocycles. The first-order chi connectivity index (χ1) is 8.38. The molecular weight excluding hydrogens is 210 g/mol. The van der Waals surface area contributed by atoms with Gasteiger partial charge in [0.2, 0.25) is 0 Å². The summed E-state index contributed by atoms with van der Waals surface area (Å²) in [4.78, 5) is 0. The van der Waals surface area contributed by atoms with E-state index in [1.165, 1.54) is 37.7 Å². The summed E-state index contributed by atoms with van der Waals surface area (Å²) in [5.74, 6) is 1.77. The van der Waals surface area contributed by atoms with Crippen LogP contribution in [0.15, 0.2) is 24.3 Å². The molecule has 0 saturated heterocycles. The second-order valence-corrected chi connectivity index (χ2v) is 5.00. The van der Waals surface area contributed by atoms with Crippen LogP contribution in [0, 0.1) is 5.92 Å². The number of ether oxygens (including phenoxy) is 1. The molecule has 17 heavy (non-hydrogen) atoms. The number of nitrogens with two attached hydrogens (primary N) is 1. The largest absolute Gasteiger partial charge is 0.493 e. The van der Waals surface area contributed by atoms with Gasteiger partial charge in [-0.15, -0.1) is 0 Å². The zero-order valence-corrected chi connectivity index (χ0v) is 10.5. The third-order valence-corrected chi connectivity index (χ3v) is 3.57. The third kappa shape index (κ3) is 4.04. The third-order valence-electron chi connectivity index (χ3n) is 3.57. The van der Waals surface area contributed by atoms with Gasteiger partial charge in [-0.05, 0) is 49.4 Å². The van der Waals surface area contributed by atoms with Crippen LogP contribution in [0.1, 0.15) is 37.7 Å². The first-order valence-corrected chi connectivity index (χ1v) is 6.80. The topological polar surface area (TPSA) is 35.2 Å². The Kier molecular flexibility index (Phi) is 4.87. The molecule has 0 amide bonds. The summed E-state index contributed by atoms with van der Waals surface area (Å²) in [6.07, 6.45) is 7.79. The molecule has 2 rings (SSSR count). The average molecular weight is 233 g/mol. The van der Waals surface area contributed by atoms with Crippen molar-refractivity contribution in [3.8, 4) is 5.75 Å². The first kappa shape index (κ1) is 12.4. The molecule has 1 aliphatic rings. The smallest absolute Gasteiger partial charge is 0.119 e. The Labute approximate surface area is 104 Å². The van der Waals surface area contributed by atoms with E-state index in [1.54, 1.807) is 0 Å². The van der Waals surface area contributed by atoms with Gasteiger partial charge in [0.25, 0.3) is 0 Å². The second-order valence-electron chi connectivity index (χ2n) is 5.00. The molecule has 94 valence electrons. The number of hydrogen-bond acceptors (Lipinski definition) is 2. The summed E-state index contributed by atoms with van der Waals surface area (Å²) >= 11 is 0. The fourth-order valence-corrected chi connectivity index (χ4v) is 2.49. The van der Waals surface area contributed by atoms with E-state index >= 15 is 0 Å². The van der Waals surface area contributed by atoms with E-state index in [2.05, 4.69) is 24.3 Å². The van der Waals surface area contributed by atoms with Crippen molar-refractivity contribution in [1.29, 1.82) is 0 Å². The van der Waals surface area contributed by atoms with Crippen LogP contribution in [0.4, 0.5) is 0 Å². The Balaban J connectivity index is 1.77. The molecular formula is C15H23NO. The zero-order chi connectivity index (χ0) is 11.9. The van der Waals surface area contributed by atoms with Gasteiger partial charge in [0, 0.05) is 0 Å². The van der Waals surface area contributed by atoms with Crippen molar-refractivity contribution < 1.29 is 4.74 Å². The van der Waals surface area contributed by atoms with Crippen molar-refractivity contribution in [2.24, 2.45) is 11.7 Å². The van der Waals surface area contributed by atoms with Gasteiger partial charge in [-0.2, -0.15) is 0 Å². The number of rotatable bonds is 5. The highest BCUT2D eigenvalue weighted by Crippen LogP contribution is 2.24. The standard InChI is InChI=1S/C15H23NO/c16-11-10-13-6-8-15(9-7-13)17-12-14-4-2-1-3-5-14/h6-9,14H,1-5,10-12,16H2. The Morgan fingerprint density at radius 1 is 1.06 bits per heavy atom. The van der Waals surface area contributed by atoms with Crippen molar-refractivity contribution >= 4 is 0 Å². The van der Waals surface area contributed by atoms with Gasteiger partial charge < -0.3 is 10.5 Å². The van der Waals surface area contributed by atoms with Crippen molar-refractivity contribution in [2.75, 3.05) is 13.2 Å². The molecule has 1 fully saturated rings. The van der Waals surface area contributed by atoms with Gasteiger partial charge in [0.1, 0.15) is 5.75 Å². The lowest BCUT2D eigenvalue weighted by molar-refractivity contribution is 0.209. The monoisotopic (exact) mass is 233 g/mol. The number of hydrogen-bond donors (Lipinski definition) is 1. The van der Waals surface area contributed by atoms with E-state index in [0.29, 0.717) is 6.54 Å². The van der Waals surface area contributed by atoms with Crippen molar-refractivity contribution in [3.05, 3.63) is 29.8 Å². The molecule has 1 aromatic rings. The fraction of sp³-hybridized carbons (Fsp3) is 0.600. The Bertz CT molecular complexity index is 314. The summed E-state index contributed by atoms with van der Waals surface area (Å²) in [6.45, 7) is 1.60. The predicted molar refractivity (Wildman–Crippen MR) is 71.3 cm³/mol. The van der Waals surface area contributed by atoms with Crippen LogP contribution >= 0.6 is 0 Å². The average Bonchev–Trinajstić information content (AvgIpc) is 2.40. The second kappa shape index (κ2) is 6.65. The van der Waals surface area contributed by atoms with Crippen LogP contribution in [0.3, 0.4) is 0 Å². The number of benzene rings is 1. The summed E-state index contributed by atoms with van der Waals surface area (Å²) in [6, 6.07) is 8.35. The van der Waals surface area contributed by atoms with Gasteiger partial charge in [-0.3, -0.25) is 0 Å². The summed E-state index contributed by atoms with van der Waals surface area (Å²) < 4.78 is 5.85. The van der Waals surface area contributed by atoms with Gasteiger partial charge in [-0.1, -0.05) is 31.4 Å². The molecule has 1 aromatic carbocycles. The highest BCUT2D eigenvalue weighted by atomic mass is 16.5. The maximum absolute atomic E-state index is 5.85. The molecule has 2 heteroatoms. The highest BCUT2D eigenvalue weighted by Gasteiger charge is 2.13. The fourth-order valence-electron chi connectivity index (χ4n) is 2.49. The molecule has 2 nitrogen and oxygen atoms in total. The van der Waals surface area contributed by atoms with E-state index in [-0.39, 0.29) is 0 Å². The normalized spacial score (nSPS) is 17.0. The Morgan fingerprint density at radius 2 is 1.76 bits per heavy atom. The van der Waals surface area contributed by atoms with Gasteiger partial charge in [-0.25, -0.2) is 0 Å². The molecule has 1 saturated carbocycles. The van der Waals surface area contributed by atoms with Crippen LogP contribution in [0.2, 0.25) is 0 Å². The Hall–Kier alpha value is -1.02. The minimum atomic E-state index is 0.711. The van der Waals surface area contributed by atoms with Crippen molar-refractivity contribution in [1.82, 2.24) is 0 Å². The zero-order valence-electron chi connectivity index (χ0n) is 10.5. The molecule has 0 radical (unpaired) electrons.